The summed E-state index contributed by atoms with van der Waals surface area (Å²) in [6, 6.07) is 13.5. The van der Waals surface area contributed by atoms with E-state index in [1.54, 1.807) is 37.3 Å². The number of amides is 3. The van der Waals surface area contributed by atoms with E-state index in [-0.39, 0.29) is 23.9 Å². The fourth-order valence-electron chi connectivity index (χ4n) is 4.11. The van der Waals surface area contributed by atoms with Crippen LogP contribution < -0.4 is 20.1 Å². The van der Waals surface area contributed by atoms with Gasteiger partial charge in [-0.25, -0.2) is 4.79 Å². The average Bonchev–Trinajstić information content (AvgIpc) is 2.83. The largest absolute Gasteiger partial charge is 0.497 e. The molecule has 2 N–H and O–H groups in total. The quantitative estimate of drug-likeness (QED) is 0.671. The Morgan fingerprint density at radius 2 is 1.66 bits per heavy atom. The van der Waals surface area contributed by atoms with Crippen molar-refractivity contribution in [3.8, 4) is 11.5 Å². The van der Waals surface area contributed by atoms with Crippen molar-refractivity contribution >= 4 is 17.6 Å². The summed E-state index contributed by atoms with van der Waals surface area (Å²) in [5, 5.41) is 5.86. The SMILES string of the molecule is CCNC(=O)N1CC(C(=O)Nc2cc(OC)cc(OC)c2)CCC1c1ccc(CC)cc1. The summed E-state index contributed by atoms with van der Waals surface area (Å²) in [4.78, 5) is 27.7. The van der Waals surface area contributed by atoms with Crippen molar-refractivity contribution < 1.29 is 19.1 Å². The summed E-state index contributed by atoms with van der Waals surface area (Å²) >= 11 is 0. The van der Waals surface area contributed by atoms with Crippen molar-refractivity contribution in [1.82, 2.24) is 10.2 Å². The normalized spacial score (nSPS) is 18.1. The third-order valence-corrected chi connectivity index (χ3v) is 5.93. The van der Waals surface area contributed by atoms with Gasteiger partial charge in [0.1, 0.15) is 11.5 Å². The zero-order valence-corrected chi connectivity index (χ0v) is 19.3. The van der Waals surface area contributed by atoms with Crippen molar-refractivity contribution in [2.75, 3.05) is 32.6 Å². The van der Waals surface area contributed by atoms with Crippen LogP contribution >= 0.6 is 0 Å². The van der Waals surface area contributed by atoms with Gasteiger partial charge in [0.15, 0.2) is 0 Å². The van der Waals surface area contributed by atoms with E-state index in [0.717, 1.165) is 18.4 Å². The van der Waals surface area contributed by atoms with Gasteiger partial charge in [0.2, 0.25) is 5.91 Å². The van der Waals surface area contributed by atoms with Gasteiger partial charge in [0, 0.05) is 37.0 Å². The molecule has 1 aliphatic rings. The lowest BCUT2D eigenvalue weighted by atomic mass is 9.88. The van der Waals surface area contributed by atoms with E-state index < -0.39 is 0 Å². The van der Waals surface area contributed by atoms with Crippen LogP contribution in [0, 0.1) is 5.92 Å². The number of carbonyl (C=O) groups excluding carboxylic acids is 2. The molecule has 0 aliphatic carbocycles. The van der Waals surface area contributed by atoms with Crippen LogP contribution in [-0.4, -0.2) is 44.1 Å². The molecule has 0 spiro atoms. The van der Waals surface area contributed by atoms with Crippen LogP contribution in [0.25, 0.3) is 0 Å². The van der Waals surface area contributed by atoms with Gasteiger partial charge in [-0.2, -0.15) is 0 Å². The molecule has 1 fully saturated rings. The molecule has 1 heterocycles. The highest BCUT2D eigenvalue weighted by Gasteiger charge is 2.35. The number of benzene rings is 2. The first-order chi connectivity index (χ1) is 15.5. The van der Waals surface area contributed by atoms with Crippen molar-refractivity contribution in [2.24, 2.45) is 5.92 Å². The molecule has 7 nitrogen and oxygen atoms in total. The Kier molecular flexibility index (Phi) is 7.98. The highest BCUT2D eigenvalue weighted by Crippen LogP contribution is 2.34. The lowest BCUT2D eigenvalue weighted by Crippen LogP contribution is -2.49. The Balaban J connectivity index is 1.76. The zero-order chi connectivity index (χ0) is 23.1. The summed E-state index contributed by atoms with van der Waals surface area (Å²) in [6.07, 6.45) is 2.40. The van der Waals surface area contributed by atoms with Crippen molar-refractivity contribution in [3.63, 3.8) is 0 Å². The number of anilines is 1. The van der Waals surface area contributed by atoms with E-state index in [1.165, 1.54) is 5.56 Å². The van der Waals surface area contributed by atoms with Crippen LogP contribution in [0.5, 0.6) is 11.5 Å². The van der Waals surface area contributed by atoms with E-state index in [0.29, 0.717) is 36.7 Å². The van der Waals surface area contributed by atoms with Crippen LogP contribution in [0.3, 0.4) is 0 Å². The fourth-order valence-corrected chi connectivity index (χ4v) is 4.11. The van der Waals surface area contributed by atoms with Gasteiger partial charge in [-0.15, -0.1) is 0 Å². The van der Waals surface area contributed by atoms with E-state index >= 15 is 0 Å². The fraction of sp³-hybridized carbons (Fsp3) is 0.440. The predicted molar refractivity (Wildman–Crippen MR) is 125 cm³/mol. The van der Waals surface area contributed by atoms with E-state index in [1.807, 2.05) is 6.92 Å². The van der Waals surface area contributed by atoms with Gasteiger partial charge in [0.05, 0.1) is 26.2 Å². The van der Waals surface area contributed by atoms with Gasteiger partial charge in [-0.3, -0.25) is 4.79 Å². The number of rotatable bonds is 7. The molecule has 0 saturated carbocycles. The molecule has 0 radical (unpaired) electrons. The second-order valence-electron chi connectivity index (χ2n) is 7.96. The van der Waals surface area contributed by atoms with Crippen LogP contribution in [0.4, 0.5) is 10.5 Å². The number of methoxy groups -OCH3 is 2. The minimum Gasteiger partial charge on any atom is -0.497 e. The summed E-state index contributed by atoms with van der Waals surface area (Å²) in [6.45, 7) is 4.92. The minimum absolute atomic E-state index is 0.0478. The Bertz CT molecular complexity index is 907. The molecule has 2 unspecified atom stereocenters. The number of ether oxygens (including phenoxy) is 2. The average molecular weight is 440 g/mol. The summed E-state index contributed by atoms with van der Waals surface area (Å²) < 4.78 is 10.6. The molecule has 0 aromatic heterocycles. The number of aryl methyl sites for hydroxylation is 1. The third-order valence-electron chi connectivity index (χ3n) is 5.93. The maximum absolute atomic E-state index is 13.1. The Morgan fingerprint density at radius 1 is 1.00 bits per heavy atom. The number of piperidine rings is 1. The van der Waals surface area contributed by atoms with Gasteiger partial charge in [-0.1, -0.05) is 31.2 Å². The Labute approximate surface area is 190 Å². The summed E-state index contributed by atoms with van der Waals surface area (Å²) in [7, 11) is 3.14. The second-order valence-corrected chi connectivity index (χ2v) is 7.96. The molecular weight excluding hydrogens is 406 g/mol. The maximum atomic E-state index is 13.1. The van der Waals surface area contributed by atoms with Crippen LogP contribution in [-0.2, 0) is 11.2 Å². The smallest absolute Gasteiger partial charge is 0.317 e. The zero-order valence-electron chi connectivity index (χ0n) is 19.3. The predicted octanol–water partition coefficient (Wildman–Crippen LogP) is 4.39. The van der Waals surface area contributed by atoms with Crippen LogP contribution in [0.2, 0.25) is 0 Å². The first kappa shape index (κ1) is 23.4. The molecule has 172 valence electrons. The lowest BCUT2D eigenvalue weighted by Gasteiger charge is -2.39. The number of hydrogen-bond donors (Lipinski definition) is 2. The number of nitrogens with zero attached hydrogens (tertiary/aromatic N) is 1. The summed E-state index contributed by atoms with van der Waals surface area (Å²) in [5.74, 6) is 0.779. The molecule has 3 rings (SSSR count). The molecule has 2 aromatic rings. The number of likely N-dealkylation sites (tertiary alicyclic amines) is 1. The molecule has 2 aromatic carbocycles. The first-order valence-electron chi connectivity index (χ1n) is 11.2. The first-order valence-corrected chi connectivity index (χ1v) is 11.2. The van der Waals surface area contributed by atoms with Crippen molar-refractivity contribution in [2.45, 2.75) is 39.2 Å². The second kappa shape index (κ2) is 10.9. The third kappa shape index (κ3) is 5.52. The summed E-state index contributed by atoms with van der Waals surface area (Å²) in [5.41, 5.74) is 2.97. The van der Waals surface area contributed by atoms with Gasteiger partial charge in [-0.05, 0) is 37.3 Å². The van der Waals surface area contributed by atoms with E-state index in [4.69, 9.17) is 9.47 Å². The molecule has 1 aliphatic heterocycles. The van der Waals surface area contributed by atoms with E-state index in [9.17, 15) is 9.59 Å². The number of hydrogen-bond acceptors (Lipinski definition) is 4. The Morgan fingerprint density at radius 3 is 2.22 bits per heavy atom. The molecule has 3 amide bonds. The monoisotopic (exact) mass is 439 g/mol. The number of carbonyl (C=O) groups is 2. The molecule has 2 atom stereocenters. The molecule has 32 heavy (non-hydrogen) atoms. The van der Waals surface area contributed by atoms with Crippen molar-refractivity contribution in [1.29, 1.82) is 0 Å². The number of urea groups is 1. The topological polar surface area (TPSA) is 79.9 Å². The van der Waals surface area contributed by atoms with Gasteiger partial charge in [0.25, 0.3) is 0 Å². The highest BCUT2D eigenvalue weighted by molar-refractivity contribution is 5.93. The maximum Gasteiger partial charge on any atom is 0.317 e. The van der Waals surface area contributed by atoms with Gasteiger partial charge < -0.3 is 25.0 Å². The van der Waals surface area contributed by atoms with Crippen LogP contribution in [0.1, 0.15) is 43.9 Å². The van der Waals surface area contributed by atoms with E-state index in [2.05, 4.69) is 41.8 Å². The Hall–Kier alpha value is -3.22. The lowest BCUT2D eigenvalue weighted by molar-refractivity contribution is -0.121. The minimum atomic E-state index is -0.305. The molecule has 1 saturated heterocycles. The van der Waals surface area contributed by atoms with Crippen molar-refractivity contribution in [3.05, 3.63) is 53.6 Å². The number of nitrogens with one attached hydrogen (secondary N) is 2. The van der Waals surface area contributed by atoms with Gasteiger partial charge >= 0.3 is 6.03 Å². The molecule has 7 heteroatoms. The standard InChI is InChI=1S/C25H33N3O4/c1-5-17-7-9-18(10-8-17)23-12-11-19(16-28(23)25(30)26-6-2)24(29)27-20-13-21(31-3)15-22(14-20)32-4/h7-10,13-15,19,23H,5-6,11-12,16H2,1-4H3,(H,26,30)(H,27,29). The van der Waals surface area contributed by atoms with Crippen LogP contribution in [0.15, 0.2) is 42.5 Å². The molecule has 0 bridgehead atoms. The molecular formula is C25H33N3O4. The highest BCUT2D eigenvalue weighted by atomic mass is 16.5.